The third kappa shape index (κ3) is 1.98. The summed E-state index contributed by atoms with van der Waals surface area (Å²) in [6, 6.07) is 0.666. The number of piperidine rings is 1. The molecule has 3 heterocycles. The van der Waals surface area contributed by atoms with Crippen molar-refractivity contribution >= 4 is 11.9 Å². The maximum atomic E-state index is 13.1. The molecule has 0 aromatic carbocycles. The predicted octanol–water partition coefficient (Wildman–Crippen LogP) is 1.90. The highest BCUT2D eigenvalue weighted by molar-refractivity contribution is 5.93. The molecule has 3 saturated heterocycles. The number of likely N-dealkylation sites (N-methyl/N-ethyl adjacent to an activating group) is 1. The molecule has 6 heteroatoms. The molecule has 4 rings (SSSR count). The minimum Gasteiger partial charge on any atom is -0.459 e. The number of rotatable bonds is 3. The van der Waals surface area contributed by atoms with Crippen molar-refractivity contribution in [2.24, 2.45) is 10.8 Å². The highest BCUT2D eigenvalue weighted by atomic mass is 16.6. The standard InChI is InChI=1S/C19H29NO5/c1-17(2)18(3)6-7-19(17,25-15(18)21)16(22)24-12-8-11-9-14(23-5)13(10-12)20(11)4/h11-14H,6-10H2,1-5H3/t11-,12+,13+,14-,18+,19-/m1/s1. The molecule has 0 aromatic heterocycles. The van der Waals surface area contributed by atoms with Gasteiger partial charge in [-0.15, -0.1) is 0 Å². The van der Waals surface area contributed by atoms with E-state index in [9.17, 15) is 9.59 Å². The van der Waals surface area contributed by atoms with Crippen LogP contribution in [0.15, 0.2) is 0 Å². The van der Waals surface area contributed by atoms with Crippen molar-refractivity contribution < 1.29 is 23.8 Å². The van der Waals surface area contributed by atoms with E-state index < -0.39 is 16.4 Å². The first-order valence-electron chi connectivity index (χ1n) is 9.35. The molecule has 0 radical (unpaired) electrons. The summed E-state index contributed by atoms with van der Waals surface area (Å²) in [6.45, 7) is 5.84. The lowest BCUT2D eigenvalue weighted by Crippen LogP contribution is -2.52. The van der Waals surface area contributed by atoms with Crippen LogP contribution >= 0.6 is 0 Å². The van der Waals surface area contributed by atoms with Gasteiger partial charge in [0.05, 0.1) is 11.5 Å². The van der Waals surface area contributed by atoms with Crippen molar-refractivity contribution in [1.29, 1.82) is 0 Å². The summed E-state index contributed by atoms with van der Waals surface area (Å²) in [5.74, 6) is -0.612. The van der Waals surface area contributed by atoms with Gasteiger partial charge in [0.1, 0.15) is 6.10 Å². The Morgan fingerprint density at radius 2 is 1.92 bits per heavy atom. The van der Waals surface area contributed by atoms with Gasteiger partial charge >= 0.3 is 11.9 Å². The fourth-order valence-electron chi connectivity index (χ4n) is 5.67. The van der Waals surface area contributed by atoms with Crippen LogP contribution in [0.4, 0.5) is 0 Å². The number of esters is 2. The monoisotopic (exact) mass is 351 g/mol. The zero-order valence-corrected chi connectivity index (χ0v) is 15.8. The second-order valence-corrected chi connectivity index (χ2v) is 9.07. The van der Waals surface area contributed by atoms with Crippen molar-refractivity contribution in [3.8, 4) is 0 Å². The van der Waals surface area contributed by atoms with Gasteiger partial charge in [0.25, 0.3) is 0 Å². The molecule has 25 heavy (non-hydrogen) atoms. The average molecular weight is 351 g/mol. The van der Waals surface area contributed by atoms with Crippen molar-refractivity contribution in [2.45, 2.75) is 82.8 Å². The molecule has 6 atom stereocenters. The minimum atomic E-state index is -1.12. The maximum Gasteiger partial charge on any atom is 0.351 e. The molecule has 4 aliphatic rings. The lowest BCUT2D eigenvalue weighted by atomic mass is 9.66. The number of fused-ring (bicyclic) bond motifs is 4. The zero-order chi connectivity index (χ0) is 18.2. The summed E-state index contributed by atoms with van der Waals surface area (Å²) in [5.41, 5.74) is -2.27. The number of carbonyl (C=O) groups excluding carboxylic acids is 2. The molecule has 0 spiro atoms. The number of hydrogen-bond acceptors (Lipinski definition) is 6. The fourth-order valence-corrected chi connectivity index (χ4v) is 5.67. The van der Waals surface area contributed by atoms with E-state index in [1.807, 2.05) is 20.8 Å². The average Bonchev–Trinajstić information content (AvgIpc) is 2.93. The second kappa shape index (κ2) is 5.19. The second-order valence-electron chi connectivity index (χ2n) is 9.07. The van der Waals surface area contributed by atoms with Crippen LogP contribution in [-0.4, -0.2) is 60.9 Å². The Balaban J connectivity index is 1.51. The Morgan fingerprint density at radius 1 is 1.20 bits per heavy atom. The summed E-state index contributed by atoms with van der Waals surface area (Å²) in [7, 11) is 3.87. The molecule has 0 unspecified atom stereocenters. The van der Waals surface area contributed by atoms with Gasteiger partial charge in [-0.1, -0.05) is 13.8 Å². The lowest BCUT2D eigenvalue weighted by Gasteiger charge is -2.39. The Bertz CT molecular complexity index is 619. The maximum absolute atomic E-state index is 13.1. The molecular formula is C19H29NO5. The highest BCUT2D eigenvalue weighted by Crippen LogP contribution is 2.66. The third-order valence-electron chi connectivity index (χ3n) is 8.06. The van der Waals surface area contributed by atoms with Gasteiger partial charge in [0, 0.05) is 37.5 Å². The molecular weight excluding hydrogens is 322 g/mol. The van der Waals surface area contributed by atoms with E-state index in [1.54, 1.807) is 7.11 Å². The number of ether oxygens (including phenoxy) is 3. The lowest BCUT2D eigenvalue weighted by molar-refractivity contribution is -0.189. The van der Waals surface area contributed by atoms with Gasteiger partial charge in [0.15, 0.2) is 0 Å². The normalized spacial score (nSPS) is 47.8. The molecule has 0 N–H and O–H groups in total. The van der Waals surface area contributed by atoms with Crippen LogP contribution in [0.2, 0.25) is 0 Å². The predicted molar refractivity (Wildman–Crippen MR) is 89.8 cm³/mol. The van der Waals surface area contributed by atoms with E-state index >= 15 is 0 Å². The molecule has 6 nitrogen and oxygen atoms in total. The highest BCUT2D eigenvalue weighted by Gasteiger charge is 2.76. The van der Waals surface area contributed by atoms with E-state index in [-0.39, 0.29) is 30.2 Å². The summed E-state index contributed by atoms with van der Waals surface area (Å²) in [4.78, 5) is 27.8. The fraction of sp³-hybridized carbons (Fsp3) is 0.895. The van der Waals surface area contributed by atoms with Crippen LogP contribution in [0, 0.1) is 10.8 Å². The SMILES string of the molecule is CO[C@@H]1C[C@H]2C[C@H](OC(=O)[C@@]34CC[C@@](C)(C(=O)O3)C4(C)C)C[C@@H]1N2C. The van der Waals surface area contributed by atoms with Crippen LogP contribution in [-0.2, 0) is 23.8 Å². The van der Waals surface area contributed by atoms with Crippen LogP contribution < -0.4 is 0 Å². The van der Waals surface area contributed by atoms with E-state index in [4.69, 9.17) is 14.2 Å². The molecule has 3 aliphatic heterocycles. The van der Waals surface area contributed by atoms with Crippen LogP contribution in [0.1, 0.15) is 52.9 Å². The summed E-state index contributed by atoms with van der Waals surface area (Å²) in [6.07, 6.45) is 3.89. The van der Waals surface area contributed by atoms with Crippen LogP contribution in [0.3, 0.4) is 0 Å². The molecule has 4 bridgehead atoms. The summed E-state index contributed by atoms with van der Waals surface area (Å²) in [5, 5.41) is 0. The van der Waals surface area contributed by atoms with Crippen molar-refractivity contribution in [3.05, 3.63) is 0 Å². The first-order chi connectivity index (χ1) is 11.7. The van der Waals surface area contributed by atoms with E-state index in [1.165, 1.54) is 0 Å². The zero-order valence-electron chi connectivity index (χ0n) is 15.8. The number of hydrogen-bond donors (Lipinski definition) is 0. The minimum absolute atomic E-state index is 0.129. The largest absolute Gasteiger partial charge is 0.459 e. The van der Waals surface area contributed by atoms with Gasteiger partial charge in [0.2, 0.25) is 5.60 Å². The van der Waals surface area contributed by atoms with E-state index in [2.05, 4.69) is 11.9 Å². The number of carbonyl (C=O) groups is 2. The van der Waals surface area contributed by atoms with E-state index in [0.717, 1.165) is 19.3 Å². The van der Waals surface area contributed by atoms with Crippen molar-refractivity contribution in [1.82, 2.24) is 4.90 Å². The van der Waals surface area contributed by atoms with Gasteiger partial charge in [-0.3, -0.25) is 9.69 Å². The molecule has 4 fully saturated rings. The Labute approximate surface area is 149 Å². The molecule has 0 amide bonds. The van der Waals surface area contributed by atoms with Gasteiger partial charge in [-0.2, -0.15) is 0 Å². The molecule has 140 valence electrons. The van der Waals surface area contributed by atoms with Crippen LogP contribution in [0.25, 0.3) is 0 Å². The number of methoxy groups -OCH3 is 1. The number of nitrogens with zero attached hydrogens (tertiary/aromatic N) is 1. The van der Waals surface area contributed by atoms with E-state index in [0.29, 0.717) is 18.9 Å². The molecule has 1 aliphatic carbocycles. The molecule has 0 aromatic rings. The topological polar surface area (TPSA) is 65.1 Å². The molecule has 1 saturated carbocycles. The summed E-state index contributed by atoms with van der Waals surface area (Å²) < 4.78 is 17.2. The Kier molecular flexibility index (Phi) is 3.59. The summed E-state index contributed by atoms with van der Waals surface area (Å²) >= 11 is 0. The van der Waals surface area contributed by atoms with Crippen LogP contribution in [0.5, 0.6) is 0 Å². The van der Waals surface area contributed by atoms with Gasteiger partial charge < -0.3 is 14.2 Å². The third-order valence-corrected chi connectivity index (χ3v) is 8.06. The van der Waals surface area contributed by atoms with Crippen molar-refractivity contribution in [3.63, 3.8) is 0 Å². The smallest absolute Gasteiger partial charge is 0.351 e. The first-order valence-corrected chi connectivity index (χ1v) is 9.35. The first kappa shape index (κ1) is 17.3. The Hall–Kier alpha value is -1.14. The Morgan fingerprint density at radius 3 is 2.48 bits per heavy atom. The van der Waals surface area contributed by atoms with Crippen molar-refractivity contribution in [2.75, 3.05) is 14.2 Å². The van der Waals surface area contributed by atoms with Gasteiger partial charge in [-0.05, 0) is 33.2 Å². The quantitative estimate of drug-likeness (QED) is 0.724. The van der Waals surface area contributed by atoms with Gasteiger partial charge in [-0.25, -0.2) is 4.79 Å².